The van der Waals surface area contributed by atoms with Gasteiger partial charge >= 0.3 is 6.18 Å². The van der Waals surface area contributed by atoms with Crippen LogP contribution >= 0.6 is 0 Å². The number of halogens is 3. The molecule has 0 atom stereocenters. The Labute approximate surface area is 117 Å². The molecule has 0 spiro atoms. The molecule has 0 saturated carbocycles. The molecule has 0 unspecified atom stereocenters. The molecule has 20 heavy (non-hydrogen) atoms. The van der Waals surface area contributed by atoms with Crippen LogP contribution in [0.25, 0.3) is 0 Å². The van der Waals surface area contributed by atoms with Crippen LogP contribution in [-0.4, -0.2) is 31.1 Å². The van der Waals surface area contributed by atoms with Crippen molar-refractivity contribution >= 4 is 11.4 Å². The second kappa shape index (κ2) is 7.38. The van der Waals surface area contributed by atoms with Gasteiger partial charge in [-0.1, -0.05) is 13.8 Å². The van der Waals surface area contributed by atoms with Gasteiger partial charge in [0.2, 0.25) is 0 Å². The Morgan fingerprint density at radius 3 is 2.40 bits per heavy atom. The number of nitrogens with one attached hydrogen (secondary N) is 1. The normalized spacial score (nSPS) is 11.9. The van der Waals surface area contributed by atoms with Crippen molar-refractivity contribution in [2.45, 2.75) is 26.4 Å². The SMILES string of the molecule is CCN(CC)CCCNc1ccc(N)c(C(F)(F)F)c1. The number of hydrogen-bond donors (Lipinski definition) is 2. The first-order valence-electron chi connectivity index (χ1n) is 6.81. The van der Waals surface area contributed by atoms with E-state index in [1.807, 2.05) is 0 Å². The van der Waals surface area contributed by atoms with Crippen LogP contribution in [0.5, 0.6) is 0 Å². The molecule has 0 aliphatic heterocycles. The molecule has 3 N–H and O–H groups in total. The maximum atomic E-state index is 12.7. The molecule has 3 nitrogen and oxygen atoms in total. The first kappa shape index (κ1) is 16.6. The number of anilines is 2. The minimum Gasteiger partial charge on any atom is -0.398 e. The van der Waals surface area contributed by atoms with Crippen LogP contribution in [0, 0.1) is 0 Å². The van der Waals surface area contributed by atoms with E-state index in [2.05, 4.69) is 24.1 Å². The van der Waals surface area contributed by atoms with Crippen molar-refractivity contribution in [1.82, 2.24) is 4.90 Å². The van der Waals surface area contributed by atoms with E-state index in [0.717, 1.165) is 32.1 Å². The highest BCUT2D eigenvalue weighted by Gasteiger charge is 2.33. The molecule has 0 aromatic heterocycles. The van der Waals surface area contributed by atoms with Crippen LogP contribution in [0.3, 0.4) is 0 Å². The summed E-state index contributed by atoms with van der Waals surface area (Å²) in [5, 5.41) is 3.01. The van der Waals surface area contributed by atoms with Crippen molar-refractivity contribution in [2.24, 2.45) is 0 Å². The highest BCUT2D eigenvalue weighted by molar-refractivity contribution is 5.58. The van der Waals surface area contributed by atoms with Crippen LogP contribution < -0.4 is 11.1 Å². The van der Waals surface area contributed by atoms with Gasteiger partial charge in [0.25, 0.3) is 0 Å². The average molecular weight is 289 g/mol. The molecule has 1 rings (SSSR count). The fourth-order valence-electron chi connectivity index (χ4n) is 1.99. The highest BCUT2D eigenvalue weighted by atomic mass is 19.4. The molecule has 1 aromatic carbocycles. The molecule has 0 aliphatic carbocycles. The third kappa shape index (κ3) is 4.92. The van der Waals surface area contributed by atoms with E-state index >= 15 is 0 Å². The van der Waals surface area contributed by atoms with Crippen molar-refractivity contribution in [1.29, 1.82) is 0 Å². The van der Waals surface area contributed by atoms with Gasteiger partial charge in [-0.25, -0.2) is 0 Å². The van der Waals surface area contributed by atoms with Crippen molar-refractivity contribution in [3.63, 3.8) is 0 Å². The molecule has 0 radical (unpaired) electrons. The van der Waals surface area contributed by atoms with Gasteiger partial charge in [0, 0.05) is 17.9 Å². The number of benzene rings is 1. The van der Waals surface area contributed by atoms with Gasteiger partial charge in [0.1, 0.15) is 0 Å². The number of nitrogens with zero attached hydrogens (tertiary/aromatic N) is 1. The Hall–Kier alpha value is -1.43. The van der Waals surface area contributed by atoms with Crippen LogP contribution in [0.4, 0.5) is 24.5 Å². The lowest BCUT2D eigenvalue weighted by Crippen LogP contribution is -2.25. The summed E-state index contributed by atoms with van der Waals surface area (Å²) in [6, 6.07) is 3.92. The van der Waals surface area contributed by atoms with Gasteiger partial charge in [0.15, 0.2) is 0 Å². The van der Waals surface area contributed by atoms with E-state index < -0.39 is 11.7 Å². The summed E-state index contributed by atoms with van der Waals surface area (Å²) in [4.78, 5) is 2.27. The van der Waals surface area contributed by atoms with Crippen LogP contribution in [0.2, 0.25) is 0 Å². The summed E-state index contributed by atoms with van der Waals surface area (Å²) in [6.07, 6.45) is -3.53. The largest absolute Gasteiger partial charge is 0.418 e. The summed E-state index contributed by atoms with van der Waals surface area (Å²) in [7, 11) is 0. The predicted molar refractivity (Wildman–Crippen MR) is 76.8 cm³/mol. The van der Waals surface area contributed by atoms with Crippen molar-refractivity contribution in [3.8, 4) is 0 Å². The molecule has 1 aromatic rings. The Balaban J connectivity index is 2.53. The highest BCUT2D eigenvalue weighted by Crippen LogP contribution is 2.35. The van der Waals surface area contributed by atoms with Crippen LogP contribution in [0.1, 0.15) is 25.8 Å². The van der Waals surface area contributed by atoms with Gasteiger partial charge in [-0.2, -0.15) is 13.2 Å². The number of rotatable bonds is 7. The standard InChI is InChI=1S/C14H22F3N3/c1-3-20(4-2)9-5-8-19-11-6-7-13(18)12(10-11)14(15,16)17/h6-7,10,19H,3-5,8-9,18H2,1-2H3. The minimum absolute atomic E-state index is 0.244. The van der Waals surface area contributed by atoms with Gasteiger partial charge < -0.3 is 16.0 Å². The number of nitrogen functional groups attached to an aromatic ring is 1. The van der Waals surface area contributed by atoms with Gasteiger partial charge in [-0.3, -0.25) is 0 Å². The summed E-state index contributed by atoms with van der Waals surface area (Å²) >= 11 is 0. The van der Waals surface area contributed by atoms with Gasteiger partial charge in [-0.05, 0) is 44.3 Å². The van der Waals surface area contributed by atoms with E-state index in [1.54, 1.807) is 6.07 Å². The lowest BCUT2D eigenvalue weighted by atomic mass is 10.1. The smallest absolute Gasteiger partial charge is 0.398 e. The van der Waals surface area contributed by atoms with Crippen molar-refractivity contribution < 1.29 is 13.2 Å². The third-order valence-corrected chi connectivity index (χ3v) is 3.23. The summed E-state index contributed by atoms with van der Waals surface area (Å²) in [6.45, 7) is 7.71. The van der Waals surface area contributed by atoms with Crippen LogP contribution in [-0.2, 0) is 6.18 Å². The fraction of sp³-hybridized carbons (Fsp3) is 0.571. The summed E-state index contributed by atoms with van der Waals surface area (Å²) in [5.74, 6) is 0. The van der Waals surface area contributed by atoms with E-state index in [1.165, 1.54) is 6.07 Å². The van der Waals surface area contributed by atoms with E-state index in [0.29, 0.717) is 12.2 Å². The molecular formula is C14H22F3N3. The fourth-order valence-corrected chi connectivity index (χ4v) is 1.99. The number of nitrogens with two attached hydrogens (primary N) is 1. The molecule has 0 aliphatic rings. The second-order valence-electron chi connectivity index (χ2n) is 4.61. The molecule has 0 bridgehead atoms. The lowest BCUT2D eigenvalue weighted by molar-refractivity contribution is -0.136. The zero-order chi connectivity index (χ0) is 15.2. The molecule has 0 amide bonds. The Kier molecular flexibility index (Phi) is 6.13. The molecule has 114 valence electrons. The molecule has 0 heterocycles. The quantitative estimate of drug-likeness (QED) is 0.597. The zero-order valence-electron chi connectivity index (χ0n) is 11.9. The van der Waals surface area contributed by atoms with E-state index in [9.17, 15) is 13.2 Å². The molecule has 0 saturated heterocycles. The van der Waals surface area contributed by atoms with Crippen LogP contribution in [0.15, 0.2) is 18.2 Å². The lowest BCUT2D eigenvalue weighted by Gasteiger charge is -2.18. The molecular weight excluding hydrogens is 267 g/mol. The van der Waals surface area contributed by atoms with Crippen molar-refractivity contribution in [2.75, 3.05) is 37.2 Å². The summed E-state index contributed by atoms with van der Waals surface area (Å²) in [5.41, 5.74) is 4.77. The Bertz CT molecular complexity index is 415. The average Bonchev–Trinajstić information content (AvgIpc) is 2.39. The minimum atomic E-state index is -4.41. The maximum absolute atomic E-state index is 12.7. The van der Waals surface area contributed by atoms with E-state index in [4.69, 9.17) is 5.73 Å². The second-order valence-corrected chi connectivity index (χ2v) is 4.61. The first-order valence-corrected chi connectivity index (χ1v) is 6.81. The maximum Gasteiger partial charge on any atom is 0.418 e. The number of alkyl halides is 3. The Morgan fingerprint density at radius 1 is 1.20 bits per heavy atom. The Morgan fingerprint density at radius 2 is 1.85 bits per heavy atom. The first-order chi connectivity index (χ1) is 9.38. The summed E-state index contributed by atoms with van der Waals surface area (Å²) < 4.78 is 38.1. The third-order valence-electron chi connectivity index (χ3n) is 3.23. The molecule has 0 fully saturated rings. The topological polar surface area (TPSA) is 41.3 Å². The van der Waals surface area contributed by atoms with E-state index in [-0.39, 0.29) is 5.69 Å². The zero-order valence-corrected chi connectivity index (χ0v) is 11.9. The van der Waals surface area contributed by atoms with Crippen molar-refractivity contribution in [3.05, 3.63) is 23.8 Å². The van der Waals surface area contributed by atoms with Gasteiger partial charge in [0.05, 0.1) is 5.56 Å². The van der Waals surface area contributed by atoms with Gasteiger partial charge in [-0.15, -0.1) is 0 Å². The predicted octanol–water partition coefficient (Wildman–Crippen LogP) is 3.43. The monoisotopic (exact) mass is 289 g/mol. The number of hydrogen-bond acceptors (Lipinski definition) is 3. The molecule has 6 heteroatoms.